The van der Waals surface area contributed by atoms with Crippen LogP contribution in [-0.2, 0) is 17.7 Å². The number of rotatable bonds is 8. The molecule has 0 spiro atoms. The highest BCUT2D eigenvalue weighted by Crippen LogP contribution is 2.18. The van der Waals surface area contributed by atoms with Crippen LogP contribution in [0, 0.1) is 0 Å². The highest BCUT2D eigenvalue weighted by molar-refractivity contribution is 4.93. The van der Waals surface area contributed by atoms with Crippen molar-refractivity contribution in [3.05, 3.63) is 12.2 Å². The normalized spacial score (nSPS) is 21.0. The molecule has 2 heterocycles. The van der Waals surface area contributed by atoms with Gasteiger partial charge in [-0.1, -0.05) is 13.8 Å². The average molecular weight is 280 g/mol. The molecule has 1 aromatic rings. The standard InChI is InChI=1S/C15H28N4O/c1-3-8-16-13(14-7-5-6-10-20-14)11-15-17-12-18-19(15)9-4-2/h12-14,16H,3-11H2,1-2H3. The highest BCUT2D eigenvalue weighted by Gasteiger charge is 2.25. The number of ether oxygens (including phenoxy) is 1. The zero-order chi connectivity index (χ0) is 14.2. The van der Waals surface area contributed by atoms with Crippen molar-refractivity contribution in [1.29, 1.82) is 0 Å². The topological polar surface area (TPSA) is 52.0 Å². The van der Waals surface area contributed by atoms with E-state index in [0.29, 0.717) is 12.1 Å². The summed E-state index contributed by atoms with van der Waals surface area (Å²) in [6.45, 7) is 7.25. The molecule has 5 nitrogen and oxygen atoms in total. The van der Waals surface area contributed by atoms with Crippen molar-refractivity contribution in [3.63, 3.8) is 0 Å². The number of aryl methyl sites for hydroxylation is 1. The van der Waals surface area contributed by atoms with Crippen LogP contribution >= 0.6 is 0 Å². The summed E-state index contributed by atoms with van der Waals surface area (Å²) in [5.74, 6) is 1.08. The van der Waals surface area contributed by atoms with E-state index in [1.165, 1.54) is 12.8 Å². The molecule has 0 amide bonds. The lowest BCUT2D eigenvalue weighted by molar-refractivity contribution is -0.00795. The lowest BCUT2D eigenvalue weighted by Crippen LogP contribution is -2.45. The molecule has 2 atom stereocenters. The van der Waals surface area contributed by atoms with E-state index in [0.717, 1.165) is 51.2 Å². The fourth-order valence-corrected chi connectivity index (χ4v) is 2.79. The van der Waals surface area contributed by atoms with E-state index in [1.807, 2.05) is 4.68 Å². The van der Waals surface area contributed by atoms with Crippen molar-refractivity contribution in [1.82, 2.24) is 20.1 Å². The van der Waals surface area contributed by atoms with Gasteiger partial charge in [-0.25, -0.2) is 4.98 Å². The summed E-state index contributed by atoms with van der Waals surface area (Å²) in [6, 6.07) is 0.357. The van der Waals surface area contributed by atoms with Gasteiger partial charge >= 0.3 is 0 Å². The average Bonchev–Trinajstić information content (AvgIpc) is 2.92. The molecule has 0 saturated carbocycles. The molecule has 1 saturated heterocycles. The Kier molecular flexibility index (Phi) is 6.47. The van der Waals surface area contributed by atoms with Gasteiger partial charge in [0.25, 0.3) is 0 Å². The Labute approximate surface area is 122 Å². The van der Waals surface area contributed by atoms with Crippen LogP contribution in [0.15, 0.2) is 6.33 Å². The molecule has 2 rings (SSSR count). The highest BCUT2D eigenvalue weighted by atomic mass is 16.5. The number of hydrogen-bond acceptors (Lipinski definition) is 4. The second-order valence-electron chi connectivity index (χ2n) is 5.57. The van der Waals surface area contributed by atoms with Gasteiger partial charge in [0.15, 0.2) is 0 Å². The summed E-state index contributed by atoms with van der Waals surface area (Å²) >= 11 is 0. The molecule has 2 unspecified atom stereocenters. The molecule has 0 bridgehead atoms. The SMILES string of the molecule is CCCNC(Cc1ncnn1CCC)C1CCCCO1. The molecule has 5 heteroatoms. The molecule has 1 fully saturated rings. The van der Waals surface area contributed by atoms with E-state index >= 15 is 0 Å². The largest absolute Gasteiger partial charge is 0.377 e. The van der Waals surface area contributed by atoms with Crippen LogP contribution in [0.3, 0.4) is 0 Å². The van der Waals surface area contributed by atoms with E-state index in [4.69, 9.17) is 4.74 Å². The molecule has 0 radical (unpaired) electrons. The molecule has 1 aliphatic rings. The maximum Gasteiger partial charge on any atom is 0.138 e. The second kappa shape index (κ2) is 8.37. The van der Waals surface area contributed by atoms with Crippen molar-refractivity contribution >= 4 is 0 Å². The molecule has 0 aromatic carbocycles. The third-order valence-electron chi connectivity index (χ3n) is 3.85. The number of nitrogens with one attached hydrogen (secondary N) is 1. The van der Waals surface area contributed by atoms with E-state index in [1.54, 1.807) is 6.33 Å². The van der Waals surface area contributed by atoms with Crippen LogP contribution in [0.1, 0.15) is 51.8 Å². The molecule has 0 aliphatic carbocycles. The minimum atomic E-state index is 0.321. The molecule has 1 aromatic heterocycles. The summed E-state index contributed by atoms with van der Waals surface area (Å²) in [7, 11) is 0. The predicted octanol–water partition coefficient (Wildman–Crippen LogP) is 2.17. The van der Waals surface area contributed by atoms with E-state index in [2.05, 4.69) is 29.2 Å². The smallest absolute Gasteiger partial charge is 0.138 e. The Bertz CT molecular complexity index is 374. The van der Waals surface area contributed by atoms with Crippen LogP contribution in [0.4, 0.5) is 0 Å². The quantitative estimate of drug-likeness (QED) is 0.793. The van der Waals surface area contributed by atoms with Gasteiger partial charge in [0.1, 0.15) is 12.2 Å². The van der Waals surface area contributed by atoms with E-state index in [9.17, 15) is 0 Å². The minimum absolute atomic E-state index is 0.321. The molecule has 114 valence electrons. The summed E-state index contributed by atoms with van der Waals surface area (Å²) < 4.78 is 8.00. The first-order valence-corrected chi connectivity index (χ1v) is 8.06. The predicted molar refractivity (Wildman–Crippen MR) is 79.7 cm³/mol. The minimum Gasteiger partial charge on any atom is -0.377 e. The van der Waals surface area contributed by atoms with Gasteiger partial charge in [0.05, 0.1) is 6.10 Å². The van der Waals surface area contributed by atoms with Crippen molar-refractivity contribution < 1.29 is 4.74 Å². The third kappa shape index (κ3) is 4.28. The molecular formula is C15H28N4O. The Morgan fingerprint density at radius 3 is 3.00 bits per heavy atom. The third-order valence-corrected chi connectivity index (χ3v) is 3.85. The van der Waals surface area contributed by atoms with Crippen LogP contribution in [0.2, 0.25) is 0 Å². The number of hydrogen-bond donors (Lipinski definition) is 1. The molecule has 1 aliphatic heterocycles. The van der Waals surface area contributed by atoms with Crippen molar-refractivity contribution in [2.24, 2.45) is 0 Å². The van der Waals surface area contributed by atoms with Gasteiger partial charge in [-0.3, -0.25) is 4.68 Å². The van der Waals surface area contributed by atoms with Crippen molar-refractivity contribution in [2.75, 3.05) is 13.2 Å². The lowest BCUT2D eigenvalue weighted by Gasteiger charge is -2.31. The zero-order valence-corrected chi connectivity index (χ0v) is 12.8. The Morgan fingerprint density at radius 2 is 2.30 bits per heavy atom. The summed E-state index contributed by atoms with van der Waals surface area (Å²) in [5.41, 5.74) is 0. The first-order chi connectivity index (χ1) is 9.85. The van der Waals surface area contributed by atoms with Crippen LogP contribution < -0.4 is 5.32 Å². The fourth-order valence-electron chi connectivity index (χ4n) is 2.79. The van der Waals surface area contributed by atoms with E-state index in [-0.39, 0.29) is 0 Å². The fraction of sp³-hybridized carbons (Fsp3) is 0.867. The monoisotopic (exact) mass is 280 g/mol. The Hall–Kier alpha value is -0.940. The number of nitrogens with zero attached hydrogens (tertiary/aromatic N) is 3. The van der Waals surface area contributed by atoms with Crippen molar-refractivity contribution in [2.45, 2.75) is 71.1 Å². The van der Waals surface area contributed by atoms with Gasteiger partial charge in [-0.15, -0.1) is 0 Å². The van der Waals surface area contributed by atoms with Gasteiger partial charge in [0, 0.05) is 25.6 Å². The molecule has 20 heavy (non-hydrogen) atoms. The Morgan fingerprint density at radius 1 is 1.40 bits per heavy atom. The van der Waals surface area contributed by atoms with Crippen LogP contribution in [0.5, 0.6) is 0 Å². The lowest BCUT2D eigenvalue weighted by atomic mass is 9.99. The summed E-state index contributed by atoms with van der Waals surface area (Å²) in [4.78, 5) is 4.43. The van der Waals surface area contributed by atoms with Gasteiger partial charge < -0.3 is 10.1 Å². The first kappa shape index (κ1) is 15.4. The van der Waals surface area contributed by atoms with Crippen molar-refractivity contribution in [3.8, 4) is 0 Å². The Balaban J connectivity index is 1.99. The number of aromatic nitrogens is 3. The second-order valence-corrected chi connectivity index (χ2v) is 5.57. The zero-order valence-electron chi connectivity index (χ0n) is 12.8. The maximum atomic E-state index is 5.97. The maximum absolute atomic E-state index is 5.97. The van der Waals surface area contributed by atoms with Gasteiger partial charge in [-0.05, 0) is 38.6 Å². The first-order valence-electron chi connectivity index (χ1n) is 8.06. The summed E-state index contributed by atoms with van der Waals surface area (Å²) in [5, 5.41) is 7.96. The summed E-state index contributed by atoms with van der Waals surface area (Å²) in [6.07, 6.45) is 8.76. The van der Waals surface area contributed by atoms with Crippen LogP contribution in [-0.4, -0.2) is 40.1 Å². The molecule has 1 N–H and O–H groups in total. The van der Waals surface area contributed by atoms with Crippen LogP contribution in [0.25, 0.3) is 0 Å². The van der Waals surface area contributed by atoms with E-state index < -0.39 is 0 Å². The van der Waals surface area contributed by atoms with Gasteiger partial charge in [0.2, 0.25) is 0 Å². The van der Waals surface area contributed by atoms with Gasteiger partial charge in [-0.2, -0.15) is 5.10 Å². The molecular weight excluding hydrogens is 252 g/mol.